The lowest BCUT2D eigenvalue weighted by Crippen LogP contribution is -2.54. The van der Waals surface area contributed by atoms with Gasteiger partial charge in [-0.2, -0.15) is 0 Å². The van der Waals surface area contributed by atoms with Crippen LogP contribution in [-0.4, -0.2) is 256 Å². The third-order valence-corrected chi connectivity index (χ3v) is 26.1. The number of aromatic nitrogens is 8. The molecule has 4 saturated heterocycles. The van der Waals surface area contributed by atoms with Gasteiger partial charge in [0.1, 0.15) is 71.7 Å². The summed E-state index contributed by atoms with van der Waals surface area (Å²) in [6, 6.07) is 24.5. The number of hydrogen-bond acceptors (Lipinski definition) is 24. The van der Waals surface area contributed by atoms with Crippen molar-refractivity contribution in [3.63, 3.8) is 0 Å². The van der Waals surface area contributed by atoms with Crippen LogP contribution in [0.1, 0.15) is 175 Å². The molecule has 8 amide bonds. The number of amides is 8. The minimum Gasteiger partial charge on any atom is -0.488 e. The highest BCUT2D eigenvalue weighted by molar-refractivity contribution is 6.08. The molecule has 4 fully saturated rings. The standard InChI is InChI=1S/C46H56N8O9.C44H53N7O7.C7H13NO5.H2/c1-23(2)38(51-45(57)61-7)44(56)54-24(3)9-14-35(54)42-48-33-13-11-27-17-32-30-12-10-28(16-29(30)22-63-37(32)18-31(27)40(33)50-42)34-19-47-41(49-34)36-15-26(21-59-5)20-53(36)43(55)39(25(4)60-6)52-46(58)62-8;1-23(2)37(49-42(53)56-8)41(52)51-24(3)9-14-34(51)40-46-32-13-11-26-17-31-29-12-10-27(16-28(29)22-57-36(31)18-30(26)38(32)48-40)33-19-45-39(47-33)35-15-25(21-55-7)20-50(35)43(54)58-44(4,5)6;1-4(12-2)5(6(9)10)8-7(11)13-3;/h10-13,16-19,23-26,35-36,38-39H,9,14-15,20-22H2,1-8H3,(H,47,49)(H,48,50)(H,51,57)(H,52,58);10-13,16-19,23-25,34-35,37H,9,14-15,20-22H2,1-8H3,(H,45,47)(H,46,48)(H,49,53);4-5H,1-3H3,(H,8,11)(H,9,10);1H/t24-,25+,26-,35-,36?,38-,39-;24-,25-,34-,35?,37-;4-,5+;/m001./s1. The molecule has 6 aliphatic rings. The van der Waals surface area contributed by atoms with Gasteiger partial charge >= 0.3 is 36.4 Å². The van der Waals surface area contributed by atoms with Crippen molar-refractivity contribution in [2.45, 2.75) is 206 Å². The van der Waals surface area contributed by atoms with Gasteiger partial charge in [0.25, 0.3) is 0 Å². The number of methoxy groups -OCH3 is 8. The number of imidazole rings is 4. The molecule has 14 atom stereocenters. The molecule has 6 aromatic carbocycles. The van der Waals surface area contributed by atoms with E-state index in [1.54, 1.807) is 37.1 Å². The maximum atomic E-state index is 14.0. The molecule has 4 aromatic heterocycles. The fourth-order valence-electron chi connectivity index (χ4n) is 19.0. The summed E-state index contributed by atoms with van der Waals surface area (Å²) < 4.78 is 58.5. The van der Waals surface area contributed by atoms with Gasteiger partial charge in [-0.05, 0) is 192 Å². The van der Waals surface area contributed by atoms with E-state index in [0.717, 1.165) is 162 Å². The molecule has 37 heteroatoms. The Morgan fingerprint density at radius 3 is 1.28 bits per heavy atom. The number of benzene rings is 6. The maximum Gasteiger partial charge on any atom is 0.410 e. The van der Waals surface area contributed by atoms with Gasteiger partial charge in [-0.25, -0.2) is 48.7 Å². The van der Waals surface area contributed by atoms with Gasteiger partial charge in [0, 0.05) is 88.8 Å². The minimum atomic E-state index is -1.17. The molecule has 10 aromatic rings. The van der Waals surface area contributed by atoms with Gasteiger partial charge in [0.15, 0.2) is 6.04 Å². The highest BCUT2D eigenvalue weighted by Gasteiger charge is 2.47. The molecule has 0 saturated carbocycles. The van der Waals surface area contributed by atoms with Crippen LogP contribution in [-0.2, 0) is 75.0 Å². The van der Waals surface area contributed by atoms with Crippen molar-refractivity contribution < 1.29 is 102 Å². The summed E-state index contributed by atoms with van der Waals surface area (Å²) >= 11 is 0. The number of alkyl carbamates (subject to hydrolysis) is 4. The fraction of sp³-hybridized carbons (Fsp3) is 0.495. The average molecular weight is 1850 g/mol. The Kier molecular flexibility index (Phi) is 29.8. The molecule has 9 N–H and O–H groups in total. The first-order valence-electron chi connectivity index (χ1n) is 45.2. The number of likely N-dealkylation sites (tertiary alicyclic amines) is 4. The second-order valence-corrected chi connectivity index (χ2v) is 36.8. The first kappa shape index (κ1) is 96.9. The topological polar surface area (TPSA) is 451 Å². The molecule has 718 valence electrons. The number of rotatable bonds is 24. The van der Waals surface area contributed by atoms with Crippen LogP contribution in [0.4, 0.5) is 24.0 Å². The Hall–Kier alpha value is -13.1. The monoisotopic (exact) mass is 1850 g/mol. The first-order chi connectivity index (χ1) is 64.1. The molecule has 0 radical (unpaired) electrons. The number of nitrogens with zero attached hydrogens (tertiary/aromatic N) is 8. The highest BCUT2D eigenvalue weighted by atomic mass is 16.6. The van der Waals surface area contributed by atoms with Crippen molar-refractivity contribution in [2.75, 3.05) is 83.2 Å². The van der Waals surface area contributed by atoms with E-state index in [-0.39, 0.29) is 85.2 Å². The summed E-state index contributed by atoms with van der Waals surface area (Å²) in [5.41, 5.74) is 12.5. The Morgan fingerprint density at radius 1 is 0.478 bits per heavy atom. The molecule has 37 nitrogen and oxygen atoms in total. The zero-order chi connectivity index (χ0) is 96.2. The van der Waals surface area contributed by atoms with E-state index < -0.39 is 72.3 Å². The molecular formula is C97H124N16O21. The van der Waals surface area contributed by atoms with Crippen molar-refractivity contribution in [1.82, 2.24) is 80.7 Å². The van der Waals surface area contributed by atoms with E-state index in [1.807, 2.05) is 90.4 Å². The molecule has 10 heterocycles. The number of carboxylic acid groups (broad SMARTS) is 1. The molecule has 0 spiro atoms. The summed E-state index contributed by atoms with van der Waals surface area (Å²) in [6.45, 7) is 23.3. The van der Waals surface area contributed by atoms with Crippen molar-refractivity contribution >= 4 is 97.8 Å². The van der Waals surface area contributed by atoms with E-state index in [4.69, 9.17) is 72.4 Å². The van der Waals surface area contributed by atoms with E-state index >= 15 is 0 Å². The van der Waals surface area contributed by atoms with Gasteiger partial charge in [-0.3, -0.25) is 19.3 Å². The number of aromatic amines is 4. The summed E-state index contributed by atoms with van der Waals surface area (Å²) in [4.78, 5) is 154. The summed E-state index contributed by atoms with van der Waals surface area (Å²) in [5, 5.41) is 22.8. The van der Waals surface area contributed by atoms with E-state index in [0.29, 0.717) is 57.6 Å². The van der Waals surface area contributed by atoms with Crippen LogP contribution in [0.2, 0.25) is 0 Å². The Labute approximate surface area is 777 Å². The SMILES string of the molecule is COC(=O)N[C@H](C(=O)O)[C@@H](C)OC.COC[C@H]1CC(c2ncc(-c3ccc4c(c3)COc3cc5c(ccc6[nH]c([C@@H]7CC[C@H](C)N7C(=O)[C@@H](NC(=O)OC)C(C)C)nc65)cc3-4)[nH]2)N(C(=O)OC(C)(C)C)C1.COC[C@H]1CC(c2ncc(-c3ccc4c(c3)COc3cc5c(ccc6[nH]c([C@@H]7CC[C@H](C)N7C(=O)[C@@H](NC(=O)OC)C(C)C)nc65)cc3-4)[nH]2)N(C(=O)[C@@H](NC(=O)OC)[C@@H](C)OC)C1.[HH]. The molecular weight excluding hydrogens is 1730 g/mol. The van der Waals surface area contributed by atoms with Gasteiger partial charge in [0.2, 0.25) is 17.7 Å². The van der Waals surface area contributed by atoms with Crippen LogP contribution in [0.25, 0.3) is 88.4 Å². The number of ether oxygens (including phenoxy) is 11. The Balaban J connectivity index is 0.000000201. The number of carbonyl (C=O) groups excluding carboxylic acids is 8. The van der Waals surface area contributed by atoms with Gasteiger partial charge in [-0.15, -0.1) is 0 Å². The Morgan fingerprint density at radius 2 is 0.881 bits per heavy atom. The van der Waals surface area contributed by atoms with Gasteiger partial charge in [0.05, 0.1) is 124 Å². The predicted molar refractivity (Wildman–Crippen MR) is 498 cm³/mol. The Bertz CT molecular complexity index is 6020. The molecule has 134 heavy (non-hydrogen) atoms. The molecule has 2 unspecified atom stereocenters. The second kappa shape index (κ2) is 41.2. The minimum absolute atomic E-state index is 0. The first-order valence-corrected chi connectivity index (χ1v) is 45.2. The third-order valence-electron chi connectivity index (χ3n) is 26.1. The number of H-pyrrole nitrogens is 4. The van der Waals surface area contributed by atoms with Crippen molar-refractivity contribution in [3.8, 4) is 56.3 Å². The molecule has 0 bridgehead atoms. The van der Waals surface area contributed by atoms with E-state index in [2.05, 4.69) is 119 Å². The highest BCUT2D eigenvalue weighted by Crippen LogP contribution is 2.48. The van der Waals surface area contributed by atoms with Gasteiger partial charge < -0.3 is 113 Å². The third kappa shape index (κ3) is 20.5. The summed E-state index contributed by atoms with van der Waals surface area (Å²) in [7, 11) is 11.2. The smallest absolute Gasteiger partial charge is 0.410 e. The second-order valence-electron chi connectivity index (χ2n) is 36.8. The predicted octanol–water partition coefficient (Wildman–Crippen LogP) is 14.5. The lowest BCUT2D eigenvalue weighted by Gasteiger charge is -2.32. The zero-order valence-corrected chi connectivity index (χ0v) is 79.2. The maximum absolute atomic E-state index is 14.0. The quantitative estimate of drug-likeness (QED) is 0.0254. The fourth-order valence-corrected chi connectivity index (χ4v) is 19.0. The van der Waals surface area contributed by atoms with Crippen LogP contribution >= 0.6 is 0 Å². The van der Waals surface area contributed by atoms with Crippen molar-refractivity contribution in [3.05, 3.63) is 132 Å². The molecule has 16 rings (SSSR count). The number of hydrogen-bond donors (Lipinski definition) is 9. The number of carboxylic acids is 1. The largest absolute Gasteiger partial charge is 0.488 e. The van der Waals surface area contributed by atoms with Crippen LogP contribution < -0.4 is 30.7 Å². The van der Waals surface area contributed by atoms with Crippen LogP contribution in [0.3, 0.4) is 0 Å². The van der Waals surface area contributed by atoms with Crippen LogP contribution in [0.5, 0.6) is 11.5 Å². The average Bonchev–Trinajstić information content (AvgIpc) is 1.71. The number of fused-ring (bicyclic) bond motifs is 12. The van der Waals surface area contributed by atoms with Crippen LogP contribution in [0, 0.1) is 23.7 Å². The lowest BCUT2D eigenvalue weighted by molar-refractivity contribution is -0.143. The van der Waals surface area contributed by atoms with E-state index in [9.17, 15) is 43.2 Å². The molecule has 6 aliphatic heterocycles. The van der Waals surface area contributed by atoms with Crippen molar-refractivity contribution in [1.29, 1.82) is 0 Å². The normalized spacial score (nSPS) is 20.2. The summed E-state index contributed by atoms with van der Waals surface area (Å²) in [6.07, 6.45) is 3.73. The number of aliphatic carboxylic acids is 1. The number of nitrogens with one attached hydrogen (secondary N) is 8. The number of carbonyl (C=O) groups is 9. The van der Waals surface area contributed by atoms with Gasteiger partial charge in [-0.1, -0.05) is 64.1 Å². The summed E-state index contributed by atoms with van der Waals surface area (Å²) in [5.74, 6) is 2.52. The van der Waals surface area contributed by atoms with Crippen molar-refractivity contribution in [2.24, 2.45) is 23.7 Å². The molecule has 0 aliphatic carbocycles. The zero-order valence-electron chi connectivity index (χ0n) is 79.2. The van der Waals surface area contributed by atoms with Crippen LogP contribution in [0.15, 0.2) is 97.3 Å². The van der Waals surface area contributed by atoms with E-state index in [1.165, 1.54) is 42.5 Å². The lowest BCUT2D eigenvalue weighted by atomic mass is 9.92.